The summed E-state index contributed by atoms with van der Waals surface area (Å²) in [5.74, 6) is 0.711. The summed E-state index contributed by atoms with van der Waals surface area (Å²) in [5, 5.41) is 9.29. The van der Waals surface area contributed by atoms with E-state index < -0.39 is 0 Å². The standard InChI is InChI=1S/C16H10BrClN4/c1-9-15-20-21-16(10-5-2-3-7-12(10)18)22(15)14-11(17)6-4-8-13(14)19-9/h2-8H,1H3. The smallest absolute Gasteiger partial charge is 0.183 e. The first-order chi connectivity index (χ1) is 10.7. The van der Waals surface area contributed by atoms with E-state index >= 15 is 0 Å². The average molecular weight is 374 g/mol. The van der Waals surface area contributed by atoms with Crippen LogP contribution in [0.25, 0.3) is 28.1 Å². The van der Waals surface area contributed by atoms with E-state index in [2.05, 4.69) is 31.1 Å². The number of benzene rings is 2. The van der Waals surface area contributed by atoms with E-state index in [1.54, 1.807) is 0 Å². The highest BCUT2D eigenvalue weighted by atomic mass is 79.9. The molecule has 0 aliphatic heterocycles. The van der Waals surface area contributed by atoms with Crippen molar-refractivity contribution >= 4 is 44.2 Å². The molecule has 0 amide bonds. The van der Waals surface area contributed by atoms with Gasteiger partial charge in [0, 0.05) is 10.0 Å². The van der Waals surface area contributed by atoms with E-state index in [0.29, 0.717) is 10.8 Å². The quantitative estimate of drug-likeness (QED) is 0.487. The number of fused-ring (bicyclic) bond motifs is 3. The van der Waals surface area contributed by atoms with Crippen LogP contribution in [0, 0.1) is 6.92 Å². The first-order valence-corrected chi connectivity index (χ1v) is 7.89. The highest BCUT2D eigenvalue weighted by Crippen LogP contribution is 2.31. The van der Waals surface area contributed by atoms with Gasteiger partial charge in [-0.05, 0) is 47.1 Å². The van der Waals surface area contributed by atoms with Crippen LogP contribution in [-0.4, -0.2) is 19.6 Å². The molecule has 0 spiro atoms. The summed E-state index contributed by atoms with van der Waals surface area (Å²) in [6.45, 7) is 1.93. The van der Waals surface area contributed by atoms with Crippen molar-refractivity contribution in [3.63, 3.8) is 0 Å². The number of aromatic nitrogens is 4. The fourth-order valence-corrected chi connectivity index (χ4v) is 3.35. The van der Waals surface area contributed by atoms with Gasteiger partial charge < -0.3 is 0 Å². The van der Waals surface area contributed by atoms with E-state index in [-0.39, 0.29) is 0 Å². The van der Waals surface area contributed by atoms with Crippen LogP contribution in [0.5, 0.6) is 0 Å². The summed E-state index contributed by atoms with van der Waals surface area (Å²) < 4.78 is 2.94. The fourth-order valence-electron chi connectivity index (χ4n) is 2.59. The van der Waals surface area contributed by atoms with Gasteiger partial charge in [0.25, 0.3) is 0 Å². The zero-order chi connectivity index (χ0) is 15.3. The van der Waals surface area contributed by atoms with E-state index in [9.17, 15) is 0 Å². The summed E-state index contributed by atoms with van der Waals surface area (Å²) in [7, 11) is 0. The first kappa shape index (κ1) is 13.7. The summed E-state index contributed by atoms with van der Waals surface area (Å²) in [5.41, 5.74) is 4.22. The maximum Gasteiger partial charge on any atom is 0.183 e. The topological polar surface area (TPSA) is 43.1 Å². The maximum atomic E-state index is 6.34. The van der Waals surface area contributed by atoms with E-state index in [1.165, 1.54) is 0 Å². The molecule has 0 N–H and O–H groups in total. The molecular weight excluding hydrogens is 364 g/mol. The molecule has 0 aliphatic carbocycles. The lowest BCUT2D eigenvalue weighted by molar-refractivity contribution is 1.11. The lowest BCUT2D eigenvalue weighted by Gasteiger charge is -2.08. The molecule has 2 aromatic carbocycles. The highest BCUT2D eigenvalue weighted by Gasteiger charge is 2.17. The van der Waals surface area contributed by atoms with Crippen molar-refractivity contribution in [3.05, 3.63) is 57.7 Å². The van der Waals surface area contributed by atoms with Crippen molar-refractivity contribution in [2.75, 3.05) is 0 Å². The van der Waals surface area contributed by atoms with Crippen LogP contribution >= 0.6 is 27.5 Å². The Kier molecular flexibility index (Phi) is 3.13. The number of para-hydroxylation sites is 1. The van der Waals surface area contributed by atoms with Crippen LogP contribution in [0.15, 0.2) is 46.9 Å². The lowest BCUT2D eigenvalue weighted by Crippen LogP contribution is -1.98. The van der Waals surface area contributed by atoms with Crippen LogP contribution in [0.1, 0.15) is 5.69 Å². The summed E-state index contributed by atoms with van der Waals surface area (Å²) in [6, 6.07) is 13.5. The Labute approximate surface area is 139 Å². The van der Waals surface area contributed by atoms with Crippen molar-refractivity contribution < 1.29 is 0 Å². The Morgan fingerprint density at radius 1 is 1.05 bits per heavy atom. The molecule has 6 heteroatoms. The van der Waals surface area contributed by atoms with Crippen LogP contribution in [-0.2, 0) is 0 Å². The number of hydrogen-bond acceptors (Lipinski definition) is 3. The maximum absolute atomic E-state index is 6.34. The largest absolute Gasteiger partial charge is 0.271 e. The minimum Gasteiger partial charge on any atom is -0.271 e. The van der Waals surface area contributed by atoms with Gasteiger partial charge in [0.1, 0.15) is 0 Å². The molecule has 0 radical (unpaired) electrons. The number of aryl methyl sites for hydroxylation is 1. The Balaban J connectivity index is 2.23. The molecule has 0 saturated heterocycles. The van der Waals surface area contributed by atoms with Crippen LogP contribution < -0.4 is 0 Å². The van der Waals surface area contributed by atoms with Gasteiger partial charge in [0.05, 0.1) is 21.7 Å². The van der Waals surface area contributed by atoms with Crippen molar-refractivity contribution in [3.8, 4) is 11.4 Å². The predicted molar refractivity (Wildman–Crippen MR) is 91.2 cm³/mol. The van der Waals surface area contributed by atoms with Crippen molar-refractivity contribution in [1.29, 1.82) is 0 Å². The number of nitrogens with zero attached hydrogens (tertiary/aromatic N) is 4. The van der Waals surface area contributed by atoms with Gasteiger partial charge in [-0.3, -0.25) is 4.40 Å². The van der Waals surface area contributed by atoms with Crippen LogP contribution in [0.3, 0.4) is 0 Å². The number of halogens is 2. The molecular formula is C16H10BrClN4. The molecule has 0 saturated carbocycles. The van der Waals surface area contributed by atoms with Crippen molar-refractivity contribution in [2.24, 2.45) is 0 Å². The van der Waals surface area contributed by atoms with E-state index in [4.69, 9.17) is 11.6 Å². The van der Waals surface area contributed by atoms with Crippen molar-refractivity contribution in [2.45, 2.75) is 6.92 Å². The molecule has 0 fully saturated rings. The van der Waals surface area contributed by atoms with Crippen molar-refractivity contribution in [1.82, 2.24) is 19.6 Å². The molecule has 4 nitrogen and oxygen atoms in total. The number of rotatable bonds is 1. The van der Waals surface area contributed by atoms with E-state index in [1.807, 2.05) is 53.8 Å². The molecule has 2 aromatic heterocycles. The average Bonchev–Trinajstić information content (AvgIpc) is 2.93. The molecule has 4 aromatic rings. The molecule has 4 rings (SSSR count). The van der Waals surface area contributed by atoms with Gasteiger partial charge in [-0.15, -0.1) is 10.2 Å². The minimum absolute atomic E-state index is 0.645. The third-order valence-corrected chi connectivity index (χ3v) is 4.55. The minimum atomic E-state index is 0.645. The predicted octanol–water partition coefficient (Wildman–Crippen LogP) is 4.67. The fraction of sp³-hybridized carbons (Fsp3) is 0.0625. The molecule has 0 atom stereocenters. The van der Waals surface area contributed by atoms with Crippen LogP contribution in [0.4, 0.5) is 0 Å². The highest BCUT2D eigenvalue weighted by molar-refractivity contribution is 9.10. The molecule has 108 valence electrons. The second-order valence-electron chi connectivity index (χ2n) is 4.97. The molecule has 22 heavy (non-hydrogen) atoms. The second kappa shape index (κ2) is 5.04. The Morgan fingerprint density at radius 3 is 2.68 bits per heavy atom. The third kappa shape index (κ3) is 1.93. The zero-order valence-corrected chi connectivity index (χ0v) is 13.9. The monoisotopic (exact) mass is 372 g/mol. The Morgan fingerprint density at radius 2 is 1.86 bits per heavy atom. The summed E-state index contributed by atoms with van der Waals surface area (Å²) >= 11 is 9.94. The van der Waals surface area contributed by atoms with Gasteiger partial charge in [-0.2, -0.15) is 0 Å². The normalized spacial score (nSPS) is 11.4. The molecule has 0 aliphatic rings. The molecule has 2 heterocycles. The summed E-state index contributed by atoms with van der Waals surface area (Å²) in [6.07, 6.45) is 0. The second-order valence-corrected chi connectivity index (χ2v) is 6.23. The van der Waals surface area contributed by atoms with Gasteiger partial charge in [0.15, 0.2) is 11.5 Å². The Hall–Kier alpha value is -1.98. The van der Waals surface area contributed by atoms with Gasteiger partial charge in [-0.25, -0.2) is 4.98 Å². The van der Waals surface area contributed by atoms with Gasteiger partial charge in [0.2, 0.25) is 0 Å². The van der Waals surface area contributed by atoms with Gasteiger partial charge >= 0.3 is 0 Å². The van der Waals surface area contributed by atoms with Crippen LogP contribution in [0.2, 0.25) is 5.02 Å². The summed E-state index contributed by atoms with van der Waals surface area (Å²) in [4.78, 5) is 4.61. The first-order valence-electron chi connectivity index (χ1n) is 6.71. The number of hydrogen-bond donors (Lipinski definition) is 0. The molecule has 0 unspecified atom stereocenters. The SMILES string of the molecule is Cc1nc2cccc(Br)c2n2c(-c3ccccc3Cl)nnc12. The lowest BCUT2D eigenvalue weighted by atomic mass is 10.2. The zero-order valence-electron chi connectivity index (χ0n) is 11.6. The van der Waals surface area contributed by atoms with Gasteiger partial charge in [-0.1, -0.05) is 29.8 Å². The Bertz CT molecular complexity index is 1030. The third-order valence-electron chi connectivity index (χ3n) is 3.58. The molecule has 0 bridgehead atoms. The van der Waals surface area contributed by atoms with E-state index in [0.717, 1.165) is 32.4 Å².